The van der Waals surface area contributed by atoms with E-state index >= 15 is 0 Å². The Labute approximate surface area is 119 Å². The van der Waals surface area contributed by atoms with E-state index in [0.717, 1.165) is 27.0 Å². The monoisotopic (exact) mass is 287 g/mol. The maximum Gasteiger partial charge on any atom is 0.172 e. The maximum atomic E-state index is 5.63. The van der Waals surface area contributed by atoms with Gasteiger partial charge in [-0.1, -0.05) is 0 Å². The standard InChI is InChI=1S/C13H13N5OS/c1-2-19-8-3-4-9-10(5-8)18-13(17-9)20-12-6-11(14)15-7-16-12/h3-7H,2H2,1H3,(H,17,18)(H2,14,15,16). The molecule has 0 aliphatic carbocycles. The van der Waals surface area contributed by atoms with E-state index < -0.39 is 0 Å². The highest BCUT2D eigenvalue weighted by atomic mass is 32.2. The number of nitrogens with zero attached hydrogens (tertiary/aromatic N) is 3. The van der Waals surface area contributed by atoms with Gasteiger partial charge in [0.2, 0.25) is 0 Å². The molecule has 1 aromatic carbocycles. The molecule has 0 aliphatic rings. The molecular weight excluding hydrogens is 274 g/mol. The Bertz CT molecular complexity index is 742. The van der Waals surface area contributed by atoms with E-state index in [1.165, 1.54) is 18.1 Å². The fourth-order valence-corrected chi connectivity index (χ4v) is 2.56. The Balaban J connectivity index is 1.89. The van der Waals surface area contributed by atoms with E-state index in [4.69, 9.17) is 10.5 Å². The summed E-state index contributed by atoms with van der Waals surface area (Å²) in [7, 11) is 0. The van der Waals surface area contributed by atoms with E-state index in [1.54, 1.807) is 6.07 Å². The van der Waals surface area contributed by atoms with Gasteiger partial charge in [-0.15, -0.1) is 0 Å². The molecule has 3 aromatic rings. The number of hydrogen-bond acceptors (Lipinski definition) is 6. The number of H-pyrrole nitrogens is 1. The molecule has 0 spiro atoms. The molecule has 0 unspecified atom stereocenters. The second-order valence-corrected chi connectivity index (χ2v) is 5.05. The molecule has 3 N–H and O–H groups in total. The zero-order chi connectivity index (χ0) is 13.9. The molecule has 20 heavy (non-hydrogen) atoms. The molecule has 7 heteroatoms. The summed E-state index contributed by atoms with van der Waals surface area (Å²) >= 11 is 1.41. The lowest BCUT2D eigenvalue weighted by Gasteiger charge is -2.00. The van der Waals surface area contributed by atoms with Crippen LogP contribution < -0.4 is 10.5 Å². The molecule has 0 atom stereocenters. The molecule has 102 valence electrons. The molecule has 3 rings (SSSR count). The number of nitrogens with one attached hydrogen (secondary N) is 1. The second kappa shape index (κ2) is 5.38. The van der Waals surface area contributed by atoms with Gasteiger partial charge in [0.15, 0.2) is 5.16 Å². The lowest BCUT2D eigenvalue weighted by Crippen LogP contribution is -1.91. The van der Waals surface area contributed by atoms with Gasteiger partial charge < -0.3 is 15.5 Å². The smallest absolute Gasteiger partial charge is 0.172 e. The third-order valence-electron chi connectivity index (χ3n) is 2.61. The van der Waals surface area contributed by atoms with Gasteiger partial charge in [-0.3, -0.25) is 0 Å². The number of aromatic amines is 1. The van der Waals surface area contributed by atoms with Gasteiger partial charge in [0.25, 0.3) is 0 Å². The average Bonchev–Trinajstić information content (AvgIpc) is 2.80. The number of nitrogen functional groups attached to an aromatic ring is 1. The quantitative estimate of drug-likeness (QED) is 0.716. The Morgan fingerprint density at radius 3 is 3.00 bits per heavy atom. The highest BCUT2D eigenvalue weighted by Gasteiger charge is 2.07. The van der Waals surface area contributed by atoms with E-state index in [9.17, 15) is 0 Å². The number of hydrogen-bond donors (Lipinski definition) is 2. The predicted octanol–water partition coefficient (Wildman–Crippen LogP) is 2.48. The first-order valence-electron chi connectivity index (χ1n) is 6.12. The van der Waals surface area contributed by atoms with E-state index in [0.29, 0.717) is 12.4 Å². The SMILES string of the molecule is CCOc1ccc2nc(Sc3cc(N)ncn3)[nH]c2c1. The van der Waals surface area contributed by atoms with Crippen molar-refractivity contribution in [1.82, 2.24) is 19.9 Å². The molecule has 0 aliphatic heterocycles. The van der Waals surface area contributed by atoms with Crippen LogP contribution >= 0.6 is 11.8 Å². The number of rotatable bonds is 4. The molecule has 6 nitrogen and oxygen atoms in total. The van der Waals surface area contributed by atoms with Crippen LogP contribution in [0.4, 0.5) is 5.82 Å². The summed E-state index contributed by atoms with van der Waals surface area (Å²) in [4.78, 5) is 15.7. The summed E-state index contributed by atoms with van der Waals surface area (Å²) in [5, 5.41) is 1.51. The van der Waals surface area contributed by atoms with Gasteiger partial charge in [0.1, 0.15) is 22.9 Å². The van der Waals surface area contributed by atoms with Crippen molar-refractivity contribution in [3.8, 4) is 5.75 Å². The minimum Gasteiger partial charge on any atom is -0.494 e. The van der Waals surface area contributed by atoms with Gasteiger partial charge in [0.05, 0.1) is 17.6 Å². The highest BCUT2D eigenvalue weighted by molar-refractivity contribution is 7.99. The number of imidazole rings is 1. The summed E-state index contributed by atoms with van der Waals surface area (Å²) in [6.45, 7) is 2.60. The minimum absolute atomic E-state index is 0.442. The molecule has 2 aromatic heterocycles. The molecular formula is C13H13N5OS. The third kappa shape index (κ3) is 2.67. The summed E-state index contributed by atoms with van der Waals surface area (Å²) in [5.74, 6) is 1.27. The molecule has 0 saturated heterocycles. The molecule has 0 bridgehead atoms. The van der Waals surface area contributed by atoms with Crippen molar-refractivity contribution < 1.29 is 4.74 Å². The molecule has 0 fully saturated rings. The summed E-state index contributed by atoms with van der Waals surface area (Å²) < 4.78 is 5.47. The van der Waals surface area contributed by atoms with Crippen molar-refractivity contribution in [2.75, 3.05) is 12.3 Å². The first kappa shape index (κ1) is 12.7. The number of anilines is 1. The van der Waals surface area contributed by atoms with Crippen LogP contribution in [-0.4, -0.2) is 26.5 Å². The van der Waals surface area contributed by atoms with Crippen LogP contribution in [0.25, 0.3) is 11.0 Å². The molecule has 0 amide bonds. The van der Waals surface area contributed by atoms with Crippen LogP contribution in [0.2, 0.25) is 0 Å². The topological polar surface area (TPSA) is 89.7 Å². The van der Waals surface area contributed by atoms with Gasteiger partial charge in [-0.2, -0.15) is 0 Å². The Morgan fingerprint density at radius 2 is 2.20 bits per heavy atom. The molecule has 0 saturated carbocycles. The maximum absolute atomic E-state index is 5.63. The van der Waals surface area contributed by atoms with E-state index in [2.05, 4.69) is 19.9 Å². The largest absolute Gasteiger partial charge is 0.494 e. The van der Waals surface area contributed by atoms with Crippen LogP contribution in [0.1, 0.15) is 6.92 Å². The van der Waals surface area contributed by atoms with Gasteiger partial charge in [-0.05, 0) is 30.8 Å². The number of ether oxygens (including phenoxy) is 1. The fourth-order valence-electron chi connectivity index (χ4n) is 1.78. The van der Waals surface area contributed by atoms with Crippen LogP contribution in [0.3, 0.4) is 0 Å². The lowest BCUT2D eigenvalue weighted by molar-refractivity contribution is 0.340. The Kier molecular flexibility index (Phi) is 3.42. The highest BCUT2D eigenvalue weighted by Crippen LogP contribution is 2.27. The average molecular weight is 287 g/mol. The summed E-state index contributed by atoms with van der Waals surface area (Å²) in [6.07, 6.45) is 1.44. The number of benzene rings is 1. The van der Waals surface area contributed by atoms with Crippen molar-refractivity contribution in [3.63, 3.8) is 0 Å². The van der Waals surface area contributed by atoms with E-state index in [1.807, 2.05) is 25.1 Å². The third-order valence-corrected chi connectivity index (χ3v) is 3.43. The summed E-state index contributed by atoms with van der Waals surface area (Å²) in [5.41, 5.74) is 7.45. The van der Waals surface area contributed by atoms with Crippen molar-refractivity contribution in [3.05, 3.63) is 30.6 Å². The summed E-state index contributed by atoms with van der Waals surface area (Å²) in [6, 6.07) is 7.48. The van der Waals surface area contributed by atoms with Crippen molar-refractivity contribution in [1.29, 1.82) is 0 Å². The second-order valence-electron chi connectivity index (χ2n) is 4.04. The van der Waals surface area contributed by atoms with Crippen molar-refractivity contribution >= 4 is 28.6 Å². The minimum atomic E-state index is 0.442. The molecule has 2 heterocycles. The predicted molar refractivity (Wildman–Crippen MR) is 77.8 cm³/mol. The van der Waals surface area contributed by atoms with Gasteiger partial charge in [0, 0.05) is 12.1 Å². The van der Waals surface area contributed by atoms with E-state index in [-0.39, 0.29) is 0 Å². The fraction of sp³-hybridized carbons (Fsp3) is 0.154. The van der Waals surface area contributed by atoms with Crippen LogP contribution in [0, 0.1) is 0 Å². The number of aromatic nitrogens is 4. The van der Waals surface area contributed by atoms with Gasteiger partial charge >= 0.3 is 0 Å². The van der Waals surface area contributed by atoms with Crippen LogP contribution in [-0.2, 0) is 0 Å². The van der Waals surface area contributed by atoms with Crippen LogP contribution in [0.5, 0.6) is 5.75 Å². The lowest BCUT2D eigenvalue weighted by atomic mass is 10.3. The first-order valence-corrected chi connectivity index (χ1v) is 6.94. The van der Waals surface area contributed by atoms with Crippen molar-refractivity contribution in [2.45, 2.75) is 17.1 Å². The Hall–Kier alpha value is -2.28. The number of fused-ring (bicyclic) bond motifs is 1. The zero-order valence-corrected chi connectivity index (χ0v) is 11.6. The first-order chi connectivity index (χ1) is 9.74. The van der Waals surface area contributed by atoms with Gasteiger partial charge in [-0.25, -0.2) is 15.0 Å². The Morgan fingerprint density at radius 1 is 1.30 bits per heavy atom. The van der Waals surface area contributed by atoms with Crippen molar-refractivity contribution in [2.24, 2.45) is 0 Å². The zero-order valence-electron chi connectivity index (χ0n) is 10.8. The molecule has 0 radical (unpaired) electrons. The number of nitrogens with two attached hydrogens (primary N) is 1. The normalized spacial score (nSPS) is 10.8. The van der Waals surface area contributed by atoms with Crippen LogP contribution in [0.15, 0.2) is 40.8 Å².